The first-order chi connectivity index (χ1) is 9.68. The molecule has 0 saturated heterocycles. The zero-order valence-electron chi connectivity index (χ0n) is 14.5. The Morgan fingerprint density at radius 2 is 1.86 bits per heavy atom. The monoisotopic (exact) mass is 286 g/mol. The van der Waals surface area contributed by atoms with Crippen LogP contribution < -0.4 is 0 Å². The molecule has 0 rings (SSSR count). The molecule has 0 bridgehead atoms. The van der Waals surface area contributed by atoms with Crippen LogP contribution in [0.4, 0.5) is 0 Å². The molecule has 2 heteroatoms. The van der Waals surface area contributed by atoms with Gasteiger partial charge in [-0.05, 0) is 25.0 Å². The summed E-state index contributed by atoms with van der Waals surface area (Å²) in [6.07, 6.45) is 8.03. The van der Waals surface area contributed by atoms with Crippen LogP contribution >= 0.6 is 0 Å². The van der Waals surface area contributed by atoms with Crippen molar-refractivity contribution in [3.8, 4) is 6.07 Å². The molecule has 116 valence electrons. The Morgan fingerprint density at radius 1 is 1.29 bits per heavy atom. The van der Waals surface area contributed by atoms with Crippen LogP contribution in [-0.4, -0.2) is 18.0 Å². The average molecular weight is 286 g/mol. The van der Waals surface area contributed by atoms with Gasteiger partial charge >= 0.3 is 0 Å². The van der Waals surface area contributed by atoms with Gasteiger partial charge in [-0.3, -0.25) is 0 Å². The molecule has 0 amide bonds. The van der Waals surface area contributed by atoms with Crippen LogP contribution in [0.2, 0.25) is 0 Å². The van der Waals surface area contributed by atoms with Crippen LogP contribution in [0, 0.1) is 16.7 Å². The van der Waals surface area contributed by atoms with Gasteiger partial charge in [-0.15, -0.1) is 0 Å². The molecule has 0 aromatic carbocycles. The van der Waals surface area contributed by atoms with Crippen molar-refractivity contribution in [1.29, 1.82) is 5.26 Å². The molecule has 1 unspecified atom stereocenters. The van der Waals surface area contributed by atoms with Crippen molar-refractivity contribution in [3.05, 3.63) is 48.2 Å². The first kappa shape index (κ1) is 19.2. The van der Waals surface area contributed by atoms with Gasteiger partial charge < -0.3 is 4.90 Å². The minimum absolute atomic E-state index is 0.0412. The highest BCUT2D eigenvalue weighted by Gasteiger charge is 2.24. The van der Waals surface area contributed by atoms with Crippen molar-refractivity contribution in [2.75, 3.05) is 7.05 Å². The predicted molar refractivity (Wildman–Crippen MR) is 92.7 cm³/mol. The standard InChI is InChI=1S/C19H30N2/c1-9-11-18(21(8)16(4)19(5,6)7)17(10-2)13-12-15(3)14-20/h10,12-13,18H,3-4,9,11H2,1-2,5-8H3/b13-12-,17-10+. The number of rotatable bonds is 7. The van der Waals surface area contributed by atoms with Crippen LogP contribution in [0.15, 0.2) is 48.2 Å². The predicted octanol–water partition coefficient (Wildman–Crippen LogP) is 5.23. The zero-order chi connectivity index (χ0) is 16.6. The van der Waals surface area contributed by atoms with Crippen molar-refractivity contribution in [1.82, 2.24) is 4.90 Å². The third kappa shape index (κ3) is 6.04. The van der Waals surface area contributed by atoms with Crippen LogP contribution in [0.5, 0.6) is 0 Å². The second kappa shape index (κ2) is 8.52. The van der Waals surface area contributed by atoms with Crippen molar-refractivity contribution >= 4 is 0 Å². The maximum Gasteiger partial charge on any atom is 0.0985 e. The summed E-state index contributed by atoms with van der Waals surface area (Å²) in [6, 6.07) is 2.32. The lowest BCUT2D eigenvalue weighted by molar-refractivity contribution is 0.258. The summed E-state index contributed by atoms with van der Waals surface area (Å²) in [4.78, 5) is 2.26. The number of allylic oxidation sites excluding steroid dienone is 4. The first-order valence-corrected chi connectivity index (χ1v) is 7.54. The average Bonchev–Trinajstić information content (AvgIpc) is 2.43. The van der Waals surface area contributed by atoms with Gasteiger partial charge in [0.25, 0.3) is 0 Å². The number of likely N-dealkylation sites (N-methyl/N-ethyl adjacent to an activating group) is 1. The van der Waals surface area contributed by atoms with E-state index < -0.39 is 0 Å². The molecule has 0 aliphatic rings. The maximum atomic E-state index is 8.82. The molecule has 0 aliphatic carbocycles. The zero-order valence-corrected chi connectivity index (χ0v) is 14.5. The minimum atomic E-state index is 0.0412. The van der Waals surface area contributed by atoms with Gasteiger partial charge in [-0.25, -0.2) is 0 Å². The molecule has 0 aromatic rings. The largest absolute Gasteiger partial charge is 0.371 e. The molecule has 0 aromatic heterocycles. The fourth-order valence-electron chi connectivity index (χ4n) is 2.21. The van der Waals surface area contributed by atoms with E-state index in [9.17, 15) is 0 Å². The number of nitrogens with zero attached hydrogens (tertiary/aromatic N) is 2. The van der Waals surface area contributed by atoms with Gasteiger partial charge in [0.05, 0.1) is 12.1 Å². The molecule has 1 atom stereocenters. The summed E-state index contributed by atoms with van der Waals surface area (Å²) in [5.74, 6) is 0. The fraction of sp³-hybridized carbons (Fsp3) is 0.526. The molecule has 2 nitrogen and oxygen atoms in total. The Bertz CT molecular complexity index is 467. The Morgan fingerprint density at radius 3 is 2.24 bits per heavy atom. The highest BCUT2D eigenvalue weighted by molar-refractivity contribution is 5.36. The van der Waals surface area contributed by atoms with Crippen molar-refractivity contribution in [2.45, 2.75) is 53.5 Å². The molecular weight excluding hydrogens is 256 g/mol. The number of nitriles is 1. The molecule has 0 saturated carbocycles. The molecule has 0 radical (unpaired) electrons. The fourth-order valence-corrected chi connectivity index (χ4v) is 2.21. The summed E-state index contributed by atoms with van der Waals surface area (Å²) in [6.45, 7) is 18.7. The highest BCUT2D eigenvalue weighted by atomic mass is 15.1. The maximum absolute atomic E-state index is 8.82. The molecule has 0 fully saturated rings. The molecular formula is C19H30N2. The summed E-state index contributed by atoms with van der Waals surface area (Å²) < 4.78 is 0. The summed E-state index contributed by atoms with van der Waals surface area (Å²) in [7, 11) is 2.10. The molecule has 0 spiro atoms. The molecule has 21 heavy (non-hydrogen) atoms. The van der Waals surface area contributed by atoms with Crippen molar-refractivity contribution in [3.63, 3.8) is 0 Å². The lowest BCUT2D eigenvalue weighted by atomic mass is 9.89. The lowest BCUT2D eigenvalue weighted by Gasteiger charge is -2.38. The first-order valence-electron chi connectivity index (χ1n) is 7.54. The third-order valence-corrected chi connectivity index (χ3v) is 3.66. The van der Waals surface area contributed by atoms with E-state index >= 15 is 0 Å². The van der Waals surface area contributed by atoms with Crippen LogP contribution in [0.3, 0.4) is 0 Å². The van der Waals surface area contributed by atoms with E-state index in [0.717, 1.165) is 18.5 Å². The van der Waals surface area contributed by atoms with Crippen LogP contribution in [-0.2, 0) is 0 Å². The van der Waals surface area contributed by atoms with Gasteiger partial charge in [-0.1, -0.05) is 59.4 Å². The minimum Gasteiger partial charge on any atom is -0.371 e. The van der Waals surface area contributed by atoms with Crippen LogP contribution in [0.1, 0.15) is 47.5 Å². The van der Waals surface area contributed by atoms with E-state index in [2.05, 4.69) is 64.9 Å². The quantitative estimate of drug-likeness (QED) is 0.473. The van der Waals surface area contributed by atoms with E-state index in [1.165, 1.54) is 5.57 Å². The summed E-state index contributed by atoms with van der Waals surface area (Å²) >= 11 is 0. The van der Waals surface area contributed by atoms with Gasteiger partial charge in [0.2, 0.25) is 0 Å². The number of hydrogen-bond donors (Lipinski definition) is 0. The lowest BCUT2D eigenvalue weighted by Crippen LogP contribution is -2.36. The molecule has 0 heterocycles. The topological polar surface area (TPSA) is 27.0 Å². The van der Waals surface area contributed by atoms with E-state index in [0.29, 0.717) is 5.57 Å². The SMILES string of the molecule is C=C(C#N)/C=C\C(=C/C)C(CCC)N(C)C(=C)C(C)(C)C. The highest BCUT2D eigenvalue weighted by Crippen LogP contribution is 2.30. The van der Waals surface area contributed by atoms with E-state index in [1.54, 1.807) is 6.08 Å². The normalized spacial score (nSPS) is 13.9. The van der Waals surface area contributed by atoms with Gasteiger partial charge in [0.15, 0.2) is 0 Å². The summed E-state index contributed by atoms with van der Waals surface area (Å²) in [5.41, 5.74) is 2.83. The van der Waals surface area contributed by atoms with E-state index in [1.807, 2.05) is 13.0 Å². The smallest absolute Gasteiger partial charge is 0.0985 e. The Hall–Kier alpha value is -1.75. The Kier molecular flexibility index (Phi) is 7.81. The third-order valence-electron chi connectivity index (χ3n) is 3.66. The number of hydrogen-bond acceptors (Lipinski definition) is 2. The molecule has 0 N–H and O–H groups in total. The Labute approximate surface area is 131 Å². The second-order valence-electron chi connectivity index (χ2n) is 6.37. The van der Waals surface area contributed by atoms with Crippen molar-refractivity contribution in [2.24, 2.45) is 5.41 Å². The van der Waals surface area contributed by atoms with Gasteiger partial charge in [-0.2, -0.15) is 5.26 Å². The van der Waals surface area contributed by atoms with Crippen LogP contribution in [0.25, 0.3) is 0 Å². The van der Waals surface area contributed by atoms with Gasteiger partial charge in [0.1, 0.15) is 0 Å². The van der Waals surface area contributed by atoms with Gasteiger partial charge in [0, 0.05) is 23.7 Å². The second-order valence-corrected chi connectivity index (χ2v) is 6.37. The summed E-state index contributed by atoms with van der Waals surface area (Å²) in [5, 5.41) is 8.82. The van der Waals surface area contributed by atoms with E-state index in [4.69, 9.17) is 5.26 Å². The van der Waals surface area contributed by atoms with E-state index in [-0.39, 0.29) is 11.5 Å². The van der Waals surface area contributed by atoms with Crippen molar-refractivity contribution < 1.29 is 0 Å². The molecule has 0 aliphatic heterocycles. The Balaban J connectivity index is 5.37.